The molecule has 1 aliphatic rings. The van der Waals surface area contributed by atoms with E-state index in [0.29, 0.717) is 5.92 Å². The first-order valence-corrected chi connectivity index (χ1v) is 7.30. The van der Waals surface area contributed by atoms with Gasteiger partial charge in [0.05, 0.1) is 6.04 Å². The Hall–Kier alpha value is -1.26. The summed E-state index contributed by atoms with van der Waals surface area (Å²) in [5.74, 6) is 0.624. The molecule has 3 rings (SSSR count). The zero-order valence-electron chi connectivity index (χ0n) is 10.2. The van der Waals surface area contributed by atoms with Crippen LogP contribution < -0.4 is 5.73 Å². The molecule has 94 valence electrons. The van der Waals surface area contributed by atoms with Crippen molar-refractivity contribution >= 4 is 11.3 Å². The summed E-state index contributed by atoms with van der Waals surface area (Å²) in [5, 5.41) is 10.7. The number of nitrogens with two attached hydrogens (primary N) is 1. The van der Waals surface area contributed by atoms with E-state index in [1.54, 1.807) is 11.3 Å². The van der Waals surface area contributed by atoms with Crippen molar-refractivity contribution in [3.63, 3.8) is 0 Å². The van der Waals surface area contributed by atoms with Crippen LogP contribution in [0.2, 0.25) is 0 Å². The molecule has 1 atom stereocenters. The third-order valence-corrected chi connectivity index (χ3v) is 4.75. The van der Waals surface area contributed by atoms with Crippen LogP contribution in [-0.4, -0.2) is 10.2 Å². The number of hydrogen-bond acceptors (Lipinski definition) is 4. The second-order valence-electron chi connectivity index (χ2n) is 4.85. The van der Waals surface area contributed by atoms with Crippen molar-refractivity contribution in [2.24, 2.45) is 5.73 Å². The summed E-state index contributed by atoms with van der Waals surface area (Å²) in [5.41, 5.74) is 7.34. The van der Waals surface area contributed by atoms with Crippen LogP contribution in [0.25, 0.3) is 0 Å². The largest absolute Gasteiger partial charge is 0.318 e. The van der Waals surface area contributed by atoms with Gasteiger partial charge in [0.15, 0.2) is 0 Å². The van der Waals surface area contributed by atoms with Crippen molar-refractivity contribution in [1.82, 2.24) is 10.2 Å². The molecule has 1 unspecified atom stereocenters. The zero-order chi connectivity index (χ0) is 12.4. The molecule has 1 fully saturated rings. The SMILES string of the molecule is NC(c1ccccc1)c1nnc(C2CCCC2)s1. The van der Waals surface area contributed by atoms with Gasteiger partial charge in [0.25, 0.3) is 0 Å². The minimum Gasteiger partial charge on any atom is -0.318 e. The van der Waals surface area contributed by atoms with Gasteiger partial charge in [-0.2, -0.15) is 0 Å². The average Bonchev–Trinajstić information content (AvgIpc) is 3.09. The lowest BCUT2D eigenvalue weighted by Crippen LogP contribution is -2.11. The highest BCUT2D eigenvalue weighted by molar-refractivity contribution is 7.11. The molecule has 2 N–H and O–H groups in total. The van der Waals surface area contributed by atoms with Gasteiger partial charge in [-0.25, -0.2) is 0 Å². The molecule has 1 heterocycles. The van der Waals surface area contributed by atoms with E-state index in [4.69, 9.17) is 5.73 Å². The first kappa shape index (κ1) is 11.8. The Morgan fingerprint density at radius 1 is 1.11 bits per heavy atom. The second-order valence-corrected chi connectivity index (χ2v) is 5.89. The van der Waals surface area contributed by atoms with Crippen molar-refractivity contribution in [3.8, 4) is 0 Å². The predicted octanol–water partition coefficient (Wildman–Crippen LogP) is 3.24. The van der Waals surface area contributed by atoms with Crippen molar-refractivity contribution in [2.75, 3.05) is 0 Å². The van der Waals surface area contributed by atoms with Gasteiger partial charge in [-0.15, -0.1) is 10.2 Å². The van der Waals surface area contributed by atoms with E-state index in [1.807, 2.05) is 30.3 Å². The minimum absolute atomic E-state index is 0.140. The molecule has 2 aromatic rings. The predicted molar refractivity (Wildman–Crippen MR) is 73.6 cm³/mol. The van der Waals surface area contributed by atoms with Gasteiger partial charge in [-0.05, 0) is 18.4 Å². The standard InChI is InChI=1S/C14H17N3S/c15-12(10-6-2-1-3-7-10)14-17-16-13(18-14)11-8-4-5-9-11/h1-3,6-7,11-12H,4-5,8-9,15H2. The van der Waals surface area contributed by atoms with Crippen LogP contribution in [0.1, 0.15) is 53.2 Å². The van der Waals surface area contributed by atoms with E-state index < -0.39 is 0 Å². The molecule has 0 saturated heterocycles. The van der Waals surface area contributed by atoms with Crippen LogP contribution in [-0.2, 0) is 0 Å². The average molecular weight is 259 g/mol. The summed E-state index contributed by atoms with van der Waals surface area (Å²) in [7, 11) is 0. The van der Waals surface area contributed by atoms with Crippen LogP contribution in [0.5, 0.6) is 0 Å². The number of hydrogen-bond donors (Lipinski definition) is 1. The van der Waals surface area contributed by atoms with Gasteiger partial charge in [0, 0.05) is 5.92 Å². The van der Waals surface area contributed by atoms with Gasteiger partial charge in [0.2, 0.25) is 0 Å². The Kier molecular flexibility index (Phi) is 3.39. The summed E-state index contributed by atoms with van der Waals surface area (Å²) < 4.78 is 0. The maximum Gasteiger partial charge on any atom is 0.138 e. The first-order chi connectivity index (χ1) is 8.84. The first-order valence-electron chi connectivity index (χ1n) is 6.48. The lowest BCUT2D eigenvalue weighted by atomic mass is 10.1. The maximum atomic E-state index is 6.24. The van der Waals surface area contributed by atoms with E-state index in [9.17, 15) is 0 Å². The third-order valence-electron chi connectivity index (χ3n) is 3.59. The van der Waals surface area contributed by atoms with Crippen molar-refractivity contribution in [2.45, 2.75) is 37.6 Å². The molecule has 1 aliphatic carbocycles. The molecule has 1 saturated carbocycles. The van der Waals surface area contributed by atoms with E-state index in [-0.39, 0.29) is 6.04 Å². The van der Waals surface area contributed by atoms with Crippen LogP contribution in [0.3, 0.4) is 0 Å². The van der Waals surface area contributed by atoms with Crippen LogP contribution >= 0.6 is 11.3 Å². The highest BCUT2D eigenvalue weighted by Crippen LogP contribution is 2.36. The van der Waals surface area contributed by atoms with Crippen LogP contribution in [0, 0.1) is 0 Å². The Labute approximate surface area is 111 Å². The molecule has 1 aromatic carbocycles. The molecule has 0 spiro atoms. The summed E-state index contributed by atoms with van der Waals surface area (Å²) in [6.45, 7) is 0. The molecule has 1 aromatic heterocycles. The lowest BCUT2D eigenvalue weighted by Gasteiger charge is -2.07. The van der Waals surface area contributed by atoms with E-state index in [0.717, 1.165) is 10.6 Å². The van der Waals surface area contributed by atoms with Gasteiger partial charge in [0.1, 0.15) is 10.0 Å². The molecular weight excluding hydrogens is 242 g/mol. The normalized spacial score (nSPS) is 18.1. The number of aromatic nitrogens is 2. The fraction of sp³-hybridized carbons (Fsp3) is 0.429. The summed E-state index contributed by atoms with van der Waals surface area (Å²) >= 11 is 1.69. The fourth-order valence-corrected chi connectivity index (χ4v) is 3.56. The minimum atomic E-state index is -0.140. The summed E-state index contributed by atoms with van der Waals surface area (Å²) in [6.07, 6.45) is 5.17. The molecule has 18 heavy (non-hydrogen) atoms. The van der Waals surface area contributed by atoms with Gasteiger partial charge in [-0.1, -0.05) is 54.5 Å². The van der Waals surface area contributed by atoms with Gasteiger partial charge >= 0.3 is 0 Å². The smallest absolute Gasteiger partial charge is 0.138 e. The number of nitrogens with zero attached hydrogens (tertiary/aromatic N) is 2. The van der Waals surface area contributed by atoms with E-state index in [1.165, 1.54) is 30.7 Å². The van der Waals surface area contributed by atoms with Gasteiger partial charge in [-0.3, -0.25) is 0 Å². The Bertz CT molecular complexity index is 503. The quantitative estimate of drug-likeness (QED) is 0.920. The molecule has 0 amide bonds. The lowest BCUT2D eigenvalue weighted by molar-refractivity contribution is 0.701. The van der Waals surface area contributed by atoms with Gasteiger partial charge < -0.3 is 5.73 Å². The van der Waals surface area contributed by atoms with E-state index in [2.05, 4.69) is 10.2 Å². The molecule has 3 nitrogen and oxygen atoms in total. The fourth-order valence-electron chi connectivity index (χ4n) is 2.51. The Morgan fingerprint density at radius 3 is 2.56 bits per heavy atom. The molecular formula is C14H17N3S. The summed E-state index contributed by atoms with van der Waals surface area (Å²) in [4.78, 5) is 0. The molecule has 0 aliphatic heterocycles. The monoisotopic (exact) mass is 259 g/mol. The van der Waals surface area contributed by atoms with Crippen LogP contribution in [0.4, 0.5) is 0 Å². The van der Waals surface area contributed by atoms with Crippen LogP contribution in [0.15, 0.2) is 30.3 Å². The Morgan fingerprint density at radius 2 is 1.83 bits per heavy atom. The topological polar surface area (TPSA) is 51.8 Å². The van der Waals surface area contributed by atoms with Crippen molar-refractivity contribution in [1.29, 1.82) is 0 Å². The summed E-state index contributed by atoms with van der Waals surface area (Å²) in [6, 6.07) is 9.96. The third kappa shape index (κ3) is 2.31. The number of rotatable bonds is 3. The second kappa shape index (κ2) is 5.16. The van der Waals surface area contributed by atoms with Crippen molar-refractivity contribution in [3.05, 3.63) is 45.9 Å². The molecule has 0 bridgehead atoms. The van der Waals surface area contributed by atoms with Crippen molar-refractivity contribution < 1.29 is 0 Å². The maximum absolute atomic E-state index is 6.24. The number of benzene rings is 1. The zero-order valence-corrected chi connectivity index (χ0v) is 11.1. The molecule has 0 radical (unpaired) electrons. The van der Waals surface area contributed by atoms with E-state index >= 15 is 0 Å². The Balaban J connectivity index is 1.80. The highest BCUT2D eigenvalue weighted by atomic mass is 32.1. The molecule has 4 heteroatoms. The highest BCUT2D eigenvalue weighted by Gasteiger charge is 2.22.